The molecule has 1 aliphatic heterocycles. The minimum atomic E-state index is 0.197. The number of amides is 1. The molecule has 0 N–H and O–H groups in total. The molecule has 1 aliphatic rings. The fourth-order valence-corrected chi connectivity index (χ4v) is 2.03. The van der Waals surface area contributed by atoms with Crippen molar-refractivity contribution in [3.63, 3.8) is 0 Å². The van der Waals surface area contributed by atoms with E-state index in [0.717, 1.165) is 37.9 Å². The van der Waals surface area contributed by atoms with Crippen LogP contribution < -0.4 is 0 Å². The van der Waals surface area contributed by atoms with Gasteiger partial charge in [-0.25, -0.2) is 0 Å². The van der Waals surface area contributed by atoms with Gasteiger partial charge >= 0.3 is 0 Å². The number of rotatable bonds is 2. The molecule has 0 spiro atoms. The zero-order valence-corrected chi connectivity index (χ0v) is 9.20. The molecule has 1 aromatic carbocycles. The van der Waals surface area contributed by atoms with Gasteiger partial charge in [-0.05, 0) is 37.0 Å². The summed E-state index contributed by atoms with van der Waals surface area (Å²) in [7, 11) is 0. The molecule has 0 atom stereocenters. The van der Waals surface area contributed by atoms with Crippen LogP contribution in [0, 0.1) is 0 Å². The summed E-state index contributed by atoms with van der Waals surface area (Å²) in [4.78, 5) is 14.0. The van der Waals surface area contributed by atoms with Gasteiger partial charge in [0.05, 0.1) is 0 Å². The maximum Gasteiger partial charge on any atom is 0.253 e. The van der Waals surface area contributed by atoms with E-state index in [2.05, 4.69) is 13.0 Å². The second-order valence-corrected chi connectivity index (χ2v) is 4.05. The second kappa shape index (κ2) is 4.47. The number of hydrogen-bond donors (Lipinski definition) is 0. The number of nitrogens with zero attached hydrogens (tertiary/aromatic N) is 1. The van der Waals surface area contributed by atoms with Crippen LogP contribution in [-0.4, -0.2) is 23.9 Å². The lowest BCUT2D eigenvalue weighted by Crippen LogP contribution is -2.27. The highest BCUT2D eigenvalue weighted by molar-refractivity contribution is 5.94. The van der Waals surface area contributed by atoms with Crippen molar-refractivity contribution < 1.29 is 4.79 Å². The van der Waals surface area contributed by atoms with E-state index in [1.165, 1.54) is 5.56 Å². The molecular weight excluding hydrogens is 186 g/mol. The average molecular weight is 203 g/mol. The number of aryl methyl sites for hydroxylation is 1. The Labute approximate surface area is 90.9 Å². The predicted molar refractivity (Wildman–Crippen MR) is 61.0 cm³/mol. The number of likely N-dealkylation sites (tertiary alicyclic amines) is 1. The minimum absolute atomic E-state index is 0.197. The number of carbonyl (C=O) groups is 1. The Balaban J connectivity index is 2.17. The summed E-state index contributed by atoms with van der Waals surface area (Å²) in [6, 6.07) is 7.98. The minimum Gasteiger partial charge on any atom is -0.339 e. The van der Waals surface area contributed by atoms with Crippen molar-refractivity contribution in [2.45, 2.75) is 26.2 Å². The first-order valence-electron chi connectivity index (χ1n) is 5.69. The van der Waals surface area contributed by atoms with Gasteiger partial charge in [0.25, 0.3) is 5.91 Å². The predicted octanol–water partition coefficient (Wildman–Crippen LogP) is 2.49. The molecule has 0 radical (unpaired) electrons. The summed E-state index contributed by atoms with van der Waals surface area (Å²) in [5.74, 6) is 0.197. The molecule has 0 aromatic heterocycles. The highest BCUT2D eigenvalue weighted by Crippen LogP contribution is 2.14. The van der Waals surface area contributed by atoms with Crippen LogP contribution in [0.15, 0.2) is 24.3 Å². The summed E-state index contributed by atoms with van der Waals surface area (Å²) in [5.41, 5.74) is 2.08. The van der Waals surface area contributed by atoms with Gasteiger partial charge in [0, 0.05) is 18.7 Å². The molecule has 0 bridgehead atoms. The lowest BCUT2D eigenvalue weighted by molar-refractivity contribution is 0.0792. The number of benzene rings is 1. The van der Waals surface area contributed by atoms with Gasteiger partial charge in [-0.15, -0.1) is 0 Å². The normalized spacial score (nSPS) is 15.7. The SMILES string of the molecule is CCc1cccc(C(=O)N2CCCC2)c1. The Morgan fingerprint density at radius 3 is 2.73 bits per heavy atom. The van der Waals surface area contributed by atoms with Crippen LogP contribution >= 0.6 is 0 Å². The first kappa shape index (κ1) is 10.2. The van der Waals surface area contributed by atoms with Gasteiger partial charge in [-0.2, -0.15) is 0 Å². The van der Waals surface area contributed by atoms with Gasteiger partial charge in [-0.3, -0.25) is 4.79 Å². The van der Waals surface area contributed by atoms with E-state index in [0.29, 0.717) is 0 Å². The molecule has 15 heavy (non-hydrogen) atoms. The molecule has 1 saturated heterocycles. The van der Waals surface area contributed by atoms with Crippen LogP contribution in [-0.2, 0) is 6.42 Å². The molecule has 2 nitrogen and oxygen atoms in total. The van der Waals surface area contributed by atoms with Crippen LogP contribution in [0.3, 0.4) is 0 Å². The molecule has 1 amide bonds. The fraction of sp³-hybridized carbons (Fsp3) is 0.462. The van der Waals surface area contributed by atoms with Crippen molar-refractivity contribution in [1.82, 2.24) is 4.90 Å². The monoisotopic (exact) mass is 203 g/mol. The van der Waals surface area contributed by atoms with E-state index in [1.807, 2.05) is 23.1 Å². The standard InChI is InChI=1S/C13H17NO/c1-2-11-6-5-7-12(10-11)13(15)14-8-3-4-9-14/h5-7,10H,2-4,8-9H2,1H3. The van der Waals surface area contributed by atoms with E-state index in [9.17, 15) is 4.79 Å². The molecule has 80 valence electrons. The third-order valence-corrected chi connectivity index (χ3v) is 2.98. The second-order valence-electron chi connectivity index (χ2n) is 4.05. The Bertz CT molecular complexity index is 353. The molecule has 0 aliphatic carbocycles. The topological polar surface area (TPSA) is 20.3 Å². The third kappa shape index (κ3) is 2.20. The van der Waals surface area contributed by atoms with E-state index in [1.54, 1.807) is 0 Å². The lowest BCUT2D eigenvalue weighted by Gasteiger charge is -2.15. The summed E-state index contributed by atoms with van der Waals surface area (Å²) >= 11 is 0. The molecule has 1 fully saturated rings. The molecule has 2 rings (SSSR count). The van der Waals surface area contributed by atoms with Gasteiger partial charge in [0.15, 0.2) is 0 Å². The molecule has 0 unspecified atom stereocenters. The van der Waals surface area contributed by atoms with Gasteiger partial charge in [0.2, 0.25) is 0 Å². The Kier molecular flexibility index (Phi) is 3.05. The molecule has 2 heteroatoms. The average Bonchev–Trinajstić information content (AvgIpc) is 2.81. The van der Waals surface area contributed by atoms with Crippen molar-refractivity contribution in [2.75, 3.05) is 13.1 Å². The third-order valence-electron chi connectivity index (χ3n) is 2.98. The Morgan fingerprint density at radius 2 is 2.07 bits per heavy atom. The van der Waals surface area contributed by atoms with Crippen molar-refractivity contribution in [3.05, 3.63) is 35.4 Å². The van der Waals surface area contributed by atoms with Crippen molar-refractivity contribution >= 4 is 5.91 Å². The Hall–Kier alpha value is -1.31. The zero-order valence-electron chi connectivity index (χ0n) is 9.20. The van der Waals surface area contributed by atoms with Crippen LogP contribution in [0.25, 0.3) is 0 Å². The summed E-state index contributed by atoms with van der Waals surface area (Å²) < 4.78 is 0. The Morgan fingerprint density at radius 1 is 1.33 bits per heavy atom. The van der Waals surface area contributed by atoms with Gasteiger partial charge < -0.3 is 4.90 Å². The largest absolute Gasteiger partial charge is 0.339 e. The van der Waals surface area contributed by atoms with E-state index in [-0.39, 0.29) is 5.91 Å². The number of hydrogen-bond acceptors (Lipinski definition) is 1. The van der Waals surface area contributed by atoms with Crippen LogP contribution in [0.2, 0.25) is 0 Å². The highest BCUT2D eigenvalue weighted by atomic mass is 16.2. The maximum atomic E-state index is 12.0. The van der Waals surface area contributed by atoms with Gasteiger partial charge in [0.1, 0.15) is 0 Å². The first-order valence-corrected chi connectivity index (χ1v) is 5.69. The molecular formula is C13H17NO. The van der Waals surface area contributed by atoms with Crippen molar-refractivity contribution in [3.8, 4) is 0 Å². The first-order chi connectivity index (χ1) is 7.31. The maximum absolute atomic E-state index is 12.0. The molecule has 1 heterocycles. The van der Waals surface area contributed by atoms with Crippen molar-refractivity contribution in [1.29, 1.82) is 0 Å². The quantitative estimate of drug-likeness (QED) is 0.723. The van der Waals surface area contributed by atoms with Crippen LogP contribution in [0.1, 0.15) is 35.7 Å². The van der Waals surface area contributed by atoms with E-state index >= 15 is 0 Å². The fourth-order valence-electron chi connectivity index (χ4n) is 2.03. The van der Waals surface area contributed by atoms with Crippen LogP contribution in [0.4, 0.5) is 0 Å². The lowest BCUT2D eigenvalue weighted by atomic mass is 10.1. The molecule has 0 saturated carbocycles. The summed E-state index contributed by atoms with van der Waals surface area (Å²) in [6.07, 6.45) is 3.29. The van der Waals surface area contributed by atoms with Crippen LogP contribution in [0.5, 0.6) is 0 Å². The van der Waals surface area contributed by atoms with Gasteiger partial charge in [-0.1, -0.05) is 19.1 Å². The summed E-state index contributed by atoms with van der Waals surface area (Å²) in [6.45, 7) is 3.96. The van der Waals surface area contributed by atoms with Crippen molar-refractivity contribution in [2.24, 2.45) is 0 Å². The number of carbonyl (C=O) groups excluding carboxylic acids is 1. The zero-order chi connectivity index (χ0) is 10.7. The van der Waals surface area contributed by atoms with E-state index < -0.39 is 0 Å². The highest BCUT2D eigenvalue weighted by Gasteiger charge is 2.19. The van der Waals surface area contributed by atoms with E-state index in [4.69, 9.17) is 0 Å². The smallest absolute Gasteiger partial charge is 0.253 e. The summed E-state index contributed by atoms with van der Waals surface area (Å²) in [5, 5.41) is 0. The molecule has 1 aromatic rings.